The molecule has 3 aromatic rings. The third kappa shape index (κ3) is 7.03. The zero-order chi connectivity index (χ0) is 28.2. The van der Waals surface area contributed by atoms with Crippen molar-refractivity contribution in [3.63, 3.8) is 0 Å². The fourth-order valence-electron chi connectivity index (χ4n) is 4.68. The zero-order valence-corrected chi connectivity index (χ0v) is 22.4. The fourth-order valence-corrected chi connectivity index (χ4v) is 4.68. The number of esters is 1. The summed E-state index contributed by atoms with van der Waals surface area (Å²) in [6, 6.07) is 17.1. The van der Waals surface area contributed by atoms with Crippen molar-refractivity contribution in [2.75, 3.05) is 19.6 Å². The number of halogens is 3. The Bertz CT molecular complexity index is 1230. The molecule has 2 unspecified atom stereocenters. The van der Waals surface area contributed by atoms with Crippen LogP contribution in [0.3, 0.4) is 0 Å². The van der Waals surface area contributed by atoms with E-state index in [1.54, 1.807) is 24.5 Å². The number of alkyl halides is 3. The van der Waals surface area contributed by atoms with E-state index in [2.05, 4.69) is 14.8 Å². The van der Waals surface area contributed by atoms with Crippen molar-refractivity contribution in [2.24, 2.45) is 0 Å². The predicted octanol–water partition coefficient (Wildman–Crippen LogP) is 5.16. The summed E-state index contributed by atoms with van der Waals surface area (Å²) in [4.78, 5) is 21.4. The molecule has 2 atom stereocenters. The second-order valence-corrected chi connectivity index (χ2v) is 10.4. The van der Waals surface area contributed by atoms with Gasteiger partial charge in [-0.15, -0.1) is 0 Å². The second kappa shape index (κ2) is 11.9. The lowest BCUT2D eigenvalue weighted by molar-refractivity contribution is -0.258. The highest BCUT2D eigenvalue weighted by atomic mass is 19.4. The molecule has 1 saturated heterocycles. The first-order valence-corrected chi connectivity index (χ1v) is 13.0. The van der Waals surface area contributed by atoms with Crippen LogP contribution in [0.15, 0.2) is 73.1 Å². The normalized spacial score (nSPS) is 18.6. The molecule has 0 bridgehead atoms. The van der Waals surface area contributed by atoms with E-state index in [-0.39, 0.29) is 23.7 Å². The van der Waals surface area contributed by atoms with Gasteiger partial charge in [-0.2, -0.15) is 13.2 Å². The minimum absolute atomic E-state index is 0.197. The molecule has 1 aliphatic rings. The molecular weight excluding hydrogens is 507 g/mol. The maximum Gasteiger partial charge on any atom is 0.421 e. The SMILES string of the molecule is CC(C)OC(=O)C1CN(Cc2ccc(-c3ccc(C(C)(O)C(F)(F)F)cc3)cc2)CCN1Cc1ccncc1. The van der Waals surface area contributed by atoms with E-state index in [9.17, 15) is 23.1 Å². The van der Waals surface area contributed by atoms with Crippen LogP contribution in [0.1, 0.15) is 37.5 Å². The number of hydrogen-bond donors (Lipinski definition) is 1. The Morgan fingerprint density at radius 1 is 0.949 bits per heavy atom. The monoisotopic (exact) mass is 541 g/mol. The number of ether oxygens (including phenoxy) is 1. The Morgan fingerprint density at radius 2 is 1.51 bits per heavy atom. The van der Waals surface area contributed by atoms with Crippen molar-refractivity contribution in [1.82, 2.24) is 14.8 Å². The molecule has 0 aliphatic carbocycles. The quantitative estimate of drug-likeness (QED) is 0.398. The van der Waals surface area contributed by atoms with E-state index in [0.717, 1.165) is 35.7 Å². The summed E-state index contributed by atoms with van der Waals surface area (Å²) in [5, 5.41) is 9.90. The Kier molecular flexibility index (Phi) is 8.73. The third-order valence-corrected chi connectivity index (χ3v) is 7.03. The molecular formula is C30H34F3N3O3. The number of carbonyl (C=O) groups excluding carboxylic acids is 1. The molecule has 2 heterocycles. The first-order chi connectivity index (χ1) is 18.4. The first kappa shape index (κ1) is 28.7. The molecule has 1 N–H and O–H groups in total. The van der Waals surface area contributed by atoms with Crippen LogP contribution < -0.4 is 0 Å². The molecule has 0 amide bonds. The van der Waals surface area contributed by atoms with Crippen molar-refractivity contribution in [2.45, 2.75) is 57.8 Å². The van der Waals surface area contributed by atoms with Crippen molar-refractivity contribution in [3.05, 3.63) is 89.7 Å². The van der Waals surface area contributed by atoms with Crippen LogP contribution in [0.4, 0.5) is 13.2 Å². The summed E-state index contributed by atoms with van der Waals surface area (Å²) >= 11 is 0. The highest BCUT2D eigenvalue weighted by Crippen LogP contribution is 2.39. The smallest absolute Gasteiger partial charge is 0.421 e. The minimum atomic E-state index is -4.76. The van der Waals surface area contributed by atoms with E-state index in [1.165, 1.54) is 12.1 Å². The standard InChI is InChI=1S/C30H34F3N3O3/c1-21(2)39-28(37)27-20-35(16-17-36(27)19-23-12-14-34-15-13-23)18-22-4-6-24(7-5-22)25-8-10-26(11-9-25)29(3,38)30(31,32)33/h4-15,21,27,38H,16-20H2,1-3H3. The topological polar surface area (TPSA) is 65.9 Å². The Hall–Kier alpha value is -3.27. The number of aromatic nitrogens is 1. The Balaban J connectivity index is 1.42. The van der Waals surface area contributed by atoms with E-state index >= 15 is 0 Å². The number of pyridine rings is 1. The number of carbonyl (C=O) groups is 1. The van der Waals surface area contributed by atoms with Crippen molar-refractivity contribution < 1.29 is 27.8 Å². The van der Waals surface area contributed by atoms with Crippen LogP contribution in [0.5, 0.6) is 0 Å². The van der Waals surface area contributed by atoms with Gasteiger partial charge in [-0.1, -0.05) is 48.5 Å². The van der Waals surface area contributed by atoms with Gasteiger partial charge in [0.1, 0.15) is 6.04 Å². The molecule has 208 valence electrons. The van der Waals surface area contributed by atoms with Gasteiger partial charge in [0.2, 0.25) is 0 Å². The minimum Gasteiger partial charge on any atom is -0.462 e. The molecule has 4 rings (SSSR count). The summed E-state index contributed by atoms with van der Waals surface area (Å²) in [6.07, 6.45) is -1.46. The maximum absolute atomic E-state index is 13.1. The van der Waals surface area contributed by atoms with Gasteiger partial charge >= 0.3 is 12.1 Å². The number of nitrogens with zero attached hydrogens (tertiary/aromatic N) is 3. The molecule has 1 aromatic heterocycles. The molecule has 1 fully saturated rings. The molecule has 0 radical (unpaired) electrons. The fraction of sp³-hybridized carbons (Fsp3) is 0.400. The molecule has 1 aliphatic heterocycles. The third-order valence-electron chi connectivity index (χ3n) is 7.03. The lowest BCUT2D eigenvalue weighted by Crippen LogP contribution is -2.56. The summed E-state index contributed by atoms with van der Waals surface area (Å²) < 4.78 is 45.0. The first-order valence-electron chi connectivity index (χ1n) is 13.0. The van der Waals surface area contributed by atoms with Gasteiger partial charge in [0, 0.05) is 45.1 Å². The van der Waals surface area contributed by atoms with Crippen LogP contribution in [-0.4, -0.2) is 63.8 Å². The number of piperazine rings is 1. The van der Waals surface area contributed by atoms with E-state index in [4.69, 9.17) is 4.74 Å². The van der Waals surface area contributed by atoms with Gasteiger partial charge in [-0.3, -0.25) is 19.6 Å². The van der Waals surface area contributed by atoms with Gasteiger partial charge in [0.15, 0.2) is 5.60 Å². The second-order valence-electron chi connectivity index (χ2n) is 10.4. The number of aliphatic hydroxyl groups is 1. The van der Waals surface area contributed by atoms with Crippen LogP contribution in [0, 0.1) is 0 Å². The van der Waals surface area contributed by atoms with Gasteiger partial charge in [0.25, 0.3) is 0 Å². The predicted molar refractivity (Wildman–Crippen MR) is 142 cm³/mol. The van der Waals surface area contributed by atoms with Crippen molar-refractivity contribution in [3.8, 4) is 11.1 Å². The van der Waals surface area contributed by atoms with E-state index in [0.29, 0.717) is 26.2 Å². The largest absolute Gasteiger partial charge is 0.462 e. The Labute approximate surface area is 227 Å². The van der Waals surface area contributed by atoms with Crippen LogP contribution in [-0.2, 0) is 28.2 Å². The average molecular weight is 542 g/mol. The molecule has 6 nitrogen and oxygen atoms in total. The lowest BCUT2D eigenvalue weighted by atomic mass is 9.93. The van der Waals surface area contributed by atoms with E-state index in [1.807, 2.05) is 50.2 Å². The van der Waals surface area contributed by atoms with Gasteiger partial charge < -0.3 is 9.84 Å². The number of rotatable bonds is 8. The highest BCUT2D eigenvalue weighted by Gasteiger charge is 2.51. The summed E-state index contributed by atoms with van der Waals surface area (Å²) in [5.74, 6) is -0.230. The average Bonchev–Trinajstić information content (AvgIpc) is 2.89. The Morgan fingerprint density at radius 3 is 2.08 bits per heavy atom. The van der Waals surface area contributed by atoms with Crippen LogP contribution in [0.2, 0.25) is 0 Å². The van der Waals surface area contributed by atoms with Crippen molar-refractivity contribution in [1.29, 1.82) is 0 Å². The van der Waals surface area contributed by atoms with Crippen molar-refractivity contribution >= 4 is 5.97 Å². The molecule has 2 aromatic carbocycles. The maximum atomic E-state index is 13.1. The van der Waals surface area contributed by atoms with Crippen LogP contribution in [0.25, 0.3) is 11.1 Å². The zero-order valence-electron chi connectivity index (χ0n) is 22.4. The van der Waals surface area contributed by atoms with Gasteiger partial charge in [-0.05, 0) is 60.7 Å². The lowest BCUT2D eigenvalue weighted by Gasteiger charge is -2.40. The highest BCUT2D eigenvalue weighted by molar-refractivity contribution is 5.76. The van der Waals surface area contributed by atoms with Gasteiger partial charge in [-0.25, -0.2) is 0 Å². The molecule has 9 heteroatoms. The van der Waals surface area contributed by atoms with E-state index < -0.39 is 11.8 Å². The number of benzene rings is 2. The summed E-state index contributed by atoms with van der Waals surface area (Å²) in [5.41, 5.74) is 0.656. The summed E-state index contributed by atoms with van der Waals surface area (Å²) in [6.45, 7) is 7.79. The van der Waals surface area contributed by atoms with Gasteiger partial charge in [0.05, 0.1) is 6.10 Å². The summed E-state index contributed by atoms with van der Waals surface area (Å²) in [7, 11) is 0. The molecule has 0 spiro atoms. The van der Waals surface area contributed by atoms with Crippen LogP contribution >= 0.6 is 0 Å². The molecule has 39 heavy (non-hydrogen) atoms. The molecule has 0 saturated carbocycles. The number of hydrogen-bond acceptors (Lipinski definition) is 6.